The molecule has 27 heavy (non-hydrogen) atoms. The Labute approximate surface area is 153 Å². The molecule has 0 unspecified atom stereocenters. The van der Waals surface area contributed by atoms with E-state index in [0.717, 1.165) is 12.1 Å². The number of nitrogen functional groups attached to an aromatic ring is 1. The fourth-order valence-corrected chi connectivity index (χ4v) is 2.11. The Morgan fingerprint density at radius 3 is 2.56 bits per heavy atom. The summed E-state index contributed by atoms with van der Waals surface area (Å²) < 4.78 is 48.2. The number of rotatable bonds is 6. The second kappa shape index (κ2) is 8.43. The number of alkyl halides is 3. The van der Waals surface area contributed by atoms with Crippen LogP contribution in [0.2, 0.25) is 0 Å². The predicted molar refractivity (Wildman–Crippen MR) is 92.4 cm³/mol. The first-order chi connectivity index (χ1) is 12.7. The van der Waals surface area contributed by atoms with Crippen molar-refractivity contribution >= 4 is 23.3 Å². The molecule has 0 aliphatic heterocycles. The standard InChI is InChI=1S/C18H17F3N2O4/c1-2-26-17(25)11-6-7-14(22)15(8-11)27-10-16(24)23-13-5-3-4-12(9-13)18(19,20)21/h3-9H,2,10,22H2,1H3,(H,23,24). The molecule has 144 valence electrons. The molecule has 2 aromatic carbocycles. The highest BCUT2D eigenvalue weighted by atomic mass is 19.4. The molecule has 0 atom stereocenters. The van der Waals surface area contributed by atoms with Gasteiger partial charge in [-0.2, -0.15) is 13.2 Å². The van der Waals surface area contributed by atoms with E-state index in [-0.39, 0.29) is 29.3 Å². The summed E-state index contributed by atoms with van der Waals surface area (Å²) >= 11 is 0. The van der Waals surface area contributed by atoms with Crippen LogP contribution < -0.4 is 15.8 Å². The number of nitrogens with two attached hydrogens (primary N) is 1. The van der Waals surface area contributed by atoms with E-state index >= 15 is 0 Å². The van der Waals surface area contributed by atoms with Gasteiger partial charge < -0.3 is 20.5 Å². The van der Waals surface area contributed by atoms with Crippen molar-refractivity contribution in [3.05, 3.63) is 53.6 Å². The lowest BCUT2D eigenvalue weighted by molar-refractivity contribution is -0.137. The quantitative estimate of drug-likeness (QED) is 0.590. The van der Waals surface area contributed by atoms with E-state index in [0.29, 0.717) is 0 Å². The van der Waals surface area contributed by atoms with Gasteiger partial charge in [-0.15, -0.1) is 0 Å². The van der Waals surface area contributed by atoms with E-state index in [9.17, 15) is 22.8 Å². The molecular weight excluding hydrogens is 365 g/mol. The topological polar surface area (TPSA) is 90.7 Å². The summed E-state index contributed by atoms with van der Waals surface area (Å²) in [4.78, 5) is 23.6. The number of anilines is 2. The van der Waals surface area contributed by atoms with Crippen molar-refractivity contribution in [2.75, 3.05) is 24.3 Å². The van der Waals surface area contributed by atoms with Crippen LogP contribution in [0, 0.1) is 0 Å². The maximum Gasteiger partial charge on any atom is 0.416 e. The average molecular weight is 382 g/mol. The number of hydrogen-bond donors (Lipinski definition) is 2. The third kappa shape index (κ3) is 5.63. The maximum absolute atomic E-state index is 12.7. The molecule has 0 bridgehead atoms. The molecule has 2 aromatic rings. The molecule has 0 fully saturated rings. The van der Waals surface area contributed by atoms with Crippen molar-refractivity contribution in [1.29, 1.82) is 0 Å². The molecule has 0 aliphatic carbocycles. The Hall–Kier alpha value is -3.23. The van der Waals surface area contributed by atoms with E-state index in [1.54, 1.807) is 6.92 Å². The van der Waals surface area contributed by atoms with E-state index < -0.39 is 30.2 Å². The third-order valence-electron chi connectivity index (χ3n) is 3.36. The zero-order valence-electron chi connectivity index (χ0n) is 14.3. The van der Waals surface area contributed by atoms with Crippen molar-refractivity contribution in [3.63, 3.8) is 0 Å². The maximum atomic E-state index is 12.7. The molecule has 0 aromatic heterocycles. The number of nitrogens with one attached hydrogen (secondary N) is 1. The second-order valence-corrected chi connectivity index (χ2v) is 5.39. The molecule has 9 heteroatoms. The Morgan fingerprint density at radius 2 is 1.89 bits per heavy atom. The highest BCUT2D eigenvalue weighted by Gasteiger charge is 2.30. The van der Waals surface area contributed by atoms with Gasteiger partial charge in [-0.3, -0.25) is 4.79 Å². The summed E-state index contributed by atoms with van der Waals surface area (Å²) in [5, 5.41) is 2.31. The van der Waals surface area contributed by atoms with Crippen LogP contribution in [-0.4, -0.2) is 25.1 Å². The number of benzene rings is 2. The van der Waals surface area contributed by atoms with E-state index in [2.05, 4.69) is 5.32 Å². The molecule has 1 amide bonds. The minimum Gasteiger partial charge on any atom is -0.482 e. The lowest BCUT2D eigenvalue weighted by Gasteiger charge is -2.12. The summed E-state index contributed by atoms with van der Waals surface area (Å²) in [6.07, 6.45) is -4.51. The summed E-state index contributed by atoms with van der Waals surface area (Å²) in [6.45, 7) is 1.34. The summed E-state index contributed by atoms with van der Waals surface area (Å²) in [5.74, 6) is -1.18. The molecule has 3 N–H and O–H groups in total. The Balaban J connectivity index is 2.02. The first kappa shape index (κ1) is 20.1. The number of carbonyl (C=O) groups excluding carboxylic acids is 2. The van der Waals surface area contributed by atoms with Gasteiger partial charge in [0.15, 0.2) is 6.61 Å². The van der Waals surface area contributed by atoms with Gasteiger partial charge in [0.25, 0.3) is 5.91 Å². The molecule has 0 saturated carbocycles. The monoisotopic (exact) mass is 382 g/mol. The van der Waals surface area contributed by atoms with Crippen molar-refractivity contribution in [2.24, 2.45) is 0 Å². The smallest absolute Gasteiger partial charge is 0.416 e. The van der Waals surface area contributed by atoms with Gasteiger partial charge in [0.05, 0.1) is 23.4 Å². The van der Waals surface area contributed by atoms with Crippen LogP contribution in [-0.2, 0) is 15.7 Å². The normalized spacial score (nSPS) is 11.0. The number of carbonyl (C=O) groups is 2. The highest BCUT2D eigenvalue weighted by Crippen LogP contribution is 2.30. The SMILES string of the molecule is CCOC(=O)c1ccc(N)c(OCC(=O)Nc2cccc(C(F)(F)F)c2)c1. The Bertz CT molecular complexity index is 838. The van der Waals surface area contributed by atoms with Crippen LogP contribution in [0.15, 0.2) is 42.5 Å². The van der Waals surface area contributed by atoms with Crippen molar-refractivity contribution in [2.45, 2.75) is 13.1 Å². The molecule has 0 aliphatic rings. The van der Waals surface area contributed by atoms with E-state index in [1.165, 1.54) is 30.3 Å². The van der Waals surface area contributed by atoms with Gasteiger partial charge in [-0.05, 0) is 43.3 Å². The molecule has 6 nitrogen and oxygen atoms in total. The van der Waals surface area contributed by atoms with Crippen LogP contribution >= 0.6 is 0 Å². The van der Waals surface area contributed by atoms with E-state index in [4.69, 9.17) is 15.2 Å². The number of esters is 1. The second-order valence-electron chi connectivity index (χ2n) is 5.39. The van der Waals surface area contributed by atoms with Gasteiger partial charge in [-0.25, -0.2) is 4.79 Å². The Kier molecular flexibility index (Phi) is 6.27. The zero-order valence-corrected chi connectivity index (χ0v) is 14.3. The van der Waals surface area contributed by atoms with Gasteiger partial charge in [0.1, 0.15) is 5.75 Å². The molecule has 0 heterocycles. The predicted octanol–water partition coefficient (Wildman–Crippen LogP) is 3.48. The lowest BCUT2D eigenvalue weighted by atomic mass is 10.2. The summed E-state index contributed by atoms with van der Waals surface area (Å²) in [5.41, 5.74) is 5.22. The first-order valence-corrected chi connectivity index (χ1v) is 7.87. The molecule has 0 radical (unpaired) electrons. The van der Waals surface area contributed by atoms with E-state index in [1.807, 2.05) is 0 Å². The van der Waals surface area contributed by atoms with Crippen molar-refractivity contribution in [3.8, 4) is 5.75 Å². The number of amides is 1. The minimum atomic E-state index is -4.51. The van der Waals surface area contributed by atoms with Crippen LogP contribution in [0.3, 0.4) is 0 Å². The first-order valence-electron chi connectivity index (χ1n) is 7.87. The number of hydrogen-bond acceptors (Lipinski definition) is 5. The van der Waals surface area contributed by atoms with Gasteiger partial charge in [-0.1, -0.05) is 6.07 Å². The van der Waals surface area contributed by atoms with Crippen LogP contribution in [0.1, 0.15) is 22.8 Å². The van der Waals surface area contributed by atoms with Gasteiger partial charge in [0, 0.05) is 5.69 Å². The molecule has 2 rings (SSSR count). The van der Waals surface area contributed by atoms with Gasteiger partial charge in [0.2, 0.25) is 0 Å². The van der Waals surface area contributed by atoms with Crippen molar-refractivity contribution < 1.29 is 32.2 Å². The average Bonchev–Trinajstić information content (AvgIpc) is 2.60. The third-order valence-corrected chi connectivity index (χ3v) is 3.36. The molecule has 0 saturated heterocycles. The van der Waals surface area contributed by atoms with Gasteiger partial charge >= 0.3 is 12.1 Å². The van der Waals surface area contributed by atoms with Crippen LogP contribution in [0.4, 0.5) is 24.5 Å². The molecule has 0 spiro atoms. The number of halogens is 3. The van der Waals surface area contributed by atoms with Crippen LogP contribution in [0.5, 0.6) is 5.75 Å². The number of ether oxygens (including phenoxy) is 2. The summed E-state index contributed by atoms with van der Waals surface area (Å²) in [7, 11) is 0. The van der Waals surface area contributed by atoms with Crippen molar-refractivity contribution in [1.82, 2.24) is 0 Å². The summed E-state index contributed by atoms with van der Waals surface area (Å²) in [6, 6.07) is 8.41. The highest BCUT2D eigenvalue weighted by molar-refractivity contribution is 5.92. The zero-order chi connectivity index (χ0) is 20.0. The van der Waals surface area contributed by atoms with Crippen LogP contribution in [0.25, 0.3) is 0 Å². The Morgan fingerprint density at radius 1 is 1.15 bits per heavy atom. The largest absolute Gasteiger partial charge is 0.482 e. The lowest BCUT2D eigenvalue weighted by Crippen LogP contribution is -2.21. The fraction of sp³-hybridized carbons (Fsp3) is 0.222. The molecular formula is C18H17F3N2O4. The minimum absolute atomic E-state index is 0.0216. The fourth-order valence-electron chi connectivity index (χ4n) is 2.11.